The minimum atomic E-state index is -0.269. The summed E-state index contributed by atoms with van der Waals surface area (Å²) in [5.74, 6) is 0.340. The summed E-state index contributed by atoms with van der Waals surface area (Å²) in [5, 5.41) is 0.576. The Kier molecular flexibility index (Phi) is 5.71. The molecule has 0 aromatic heterocycles. The van der Waals surface area contributed by atoms with Crippen molar-refractivity contribution in [2.45, 2.75) is 13.8 Å². The van der Waals surface area contributed by atoms with E-state index in [2.05, 4.69) is 18.2 Å². The number of likely N-dealkylation sites (N-methyl/N-ethyl adjacent to an activating group) is 1. The smallest absolute Gasteiger partial charge is 0.141 e. The summed E-state index contributed by atoms with van der Waals surface area (Å²) in [7, 11) is 1.84. The molecule has 0 radical (unpaired) electrons. The van der Waals surface area contributed by atoms with E-state index in [4.69, 9.17) is 11.6 Å². The molecular formula is C16H18ClFN2. The first-order chi connectivity index (χ1) is 9.42. The van der Waals surface area contributed by atoms with Crippen molar-refractivity contribution in [2.75, 3.05) is 11.9 Å². The number of aliphatic imine (C=N–C) groups is 1. The van der Waals surface area contributed by atoms with E-state index in [0.29, 0.717) is 16.4 Å². The second-order valence-electron chi connectivity index (χ2n) is 4.28. The summed E-state index contributed by atoms with van der Waals surface area (Å²) in [6.45, 7) is 11.0. The number of benzene rings is 1. The summed E-state index contributed by atoms with van der Waals surface area (Å²) in [4.78, 5) is 6.09. The Morgan fingerprint density at radius 1 is 1.40 bits per heavy atom. The van der Waals surface area contributed by atoms with E-state index >= 15 is 0 Å². The molecule has 0 N–H and O–H groups in total. The van der Waals surface area contributed by atoms with Crippen LogP contribution in [-0.4, -0.2) is 12.9 Å². The number of allylic oxidation sites excluding steroid dienone is 1. The predicted molar refractivity (Wildman–Crippen MR) is 85.9 cm³/mol. The maximum absolute atomic E-state index is 13.2. The van der Waals surface area contributed by atoms with Gasteiger partial charge in [-0.1, -0.05) is 30.8 Å². The van der Waals surface area contributed by atoms with Gasteiger partial charge in [-0.25, -0.2) is 9.38 Å². The number of amidine groups is 1. The van der Waals surface area contributed by atoms with E-state index in [1.807, 2.05) is 18.9 Å². The van der Waals surface area contributed by atoms with Crippen molar-refractivity contribution < 1.29 is 4.39 Å². The lowest BCUT2D eigenvalue weighted by Gasteiger charge is -2.24. The van der Waals surface area contributed by atoms with Gasteiger partial charge < -0.3 is 4.90 Å². The Balaban J connectivity index is 3.36. The number of aryl methyl sites for hydroxylation is 1. The molecule has 0 bridgehead atoms. The lowest BCUT2D eigenvalue weighted by Crippen LogP contribution is -2.28. The molecule has 1 aromatic rings. The predicted octanol–water partition coefficient (Wildman–Crippen LogP) is 4.81. The minimum absolute atomic E-state index is 0.269. The number of anilines is 1. The molecule has 4 heteroatoms. The molecule has 0 saturated carbocycles. The third kappa shape index (κ3) is 3.58. The Hall–Kier alpha value is -1.87. The number of halogens is 2. The van der Waals surface area contributed by atoms with Gasteiger partial charge in [0.15, 0.2) is 0 Å². The van der Waals surface area contributed by atoms with Gasteiger partial charge in [0.05, 0.1) is 0 Å². The van der Waals surface area contributed by atoms with E-state index in [0.717, 1.165) is 11.3 Å². The third-order valence-corrected chi connectivity index (χ3v) is 3.07. The molecule has 0 amide bonds. The van der Waals surface area contributed by atoms with E-state index < -0.39 is 0 Å². The van der Waals surface area contributed by atoms with Gasteiger partial charge in [0.25, 0.3) is 0 Å². The molecule has 0 spiro atoms. The number of rotatable bonds is 4. The maximum atomic E-state index is 13.2. The Morgan fingerprint density at radius 3 is 2.50 bits per heavy atom. The molecule has 0 heterocycles. The van der Waals surface area contributed by atoms with Gasteiger partial charge in [0, 0.05) is 29.5 Å². The summed E-state index contributed by atoms with van der Waals surface area (Å²) in [5.41, 5.74) is 2.35. The summed E-state index contributed by atoms with van der Waals surface area (Å²) >= 11 is 6.08. The fourth-order valence-electron chi connectivity index (χ4n) is 1.92. The Labute approximate surface area is 124 Å². The third-order valence-electron chi connectivity index (χ3n) is 2.87. The number of hydrogen-bond donors (Lipinski definition) is 0. The van der Waals surface area contributed by atoms with E-state index in [1.54, 1.807) is 19.1 Å². The molecular weight excluding hydrogens is 275 g/mol. The van der Waals surface area contributed by atoms with Crippen molar-refractivity contribution in [2.24, 2.45) is 4.99 Å². The number of hydrogen-bond acceptors (Lipinski definition) is 1. The highest BCUT2D eigenvalue weighted by atomic mass is 35.5. The van der Waals surface area contributed by atoms with Crippen molar-refractivity contribution in [1.82, 2.24) is 0 Å². The quantitative estimate of drug-likeness (QED) is 0.442. The SMILES string of the molecule is C=C/N=C(\C(C=C)=C(/C)Cl)N(C)c1ccc(F)cc1C. The van der Waals surface area contributed by atoms with Crippen LogP contribution in [0.4, 0.5) is 10.1 Å². The van der Waals surface area contributed by atoms with E-state index in [1.165, 1.54) is 18.3 Å². The van der Waals surface area contributed by atoms with E-state index in [-0.39, 0.29) is 5.82 Å². The van der Waals surface area contributed by atoms with Crippen LogP contribution in [0.15, 0.2) is 59.2 Å². The van der Waals surface area contributed by atoms with Crippen LogP contribution >= 0.6 is 11.6 Å². The van der Waals surface area contributed by atoms with Crippen LogP contribution in [0.2, 0.25) is 0 Å². The fraction of sp³-hybridized carbons (Fsp3) is 0.188. The average molecular weight is 293 g/mol. The van der Waals surface area contributed by atoms with Gasteiger partial charge >= 0.3 is 0 Å². The van der Waals surface area contributed by atoms with Crippen molar-refractivity contribution in [3.8, 4) is 0 Å². The van der Waals surface area contributed by atoms with Gasteiger partial charge in [0.1, 0.15) is 11.7 Å². The zero-order chi connectivity index (χ0) is 15.3. The fourth-order valence-corrected chi connectivity index (χ4v) is 2.08. The zero-order valence-corrected chi connectivity index (χ0v) is 12.7. The molecule has 0 aliphatic rings. The topological polar surface area (TPSA) is 15.6 Å². The molecule has 0 saturated heterocycles. The van der Waals surface area contributed by atoms with Crippen LogP contribution in [0.1, 0.15) is 12.5 Å². The van der Waals surface area contributed by atoms with Gasteiger partial charge in [0.2, 0.25) is 0 Å². The van der Waals surface area contributed by atoms with Crippen molar-refractivity contribution >= 4 is 23.1 Å². The van der Waals surface area contributed by atoms with Crippen molar-refractivity contribution in [3.63, 3.8) is 0 Å². The van der Waals surface area contributed by atoms with Crippen molar-refractivity contribution in [3.05, 3.63) is 65.6 Å². The monoisotopic (exact) mass is 292 g/mol. The Morgan fingerprint density at radius 2 is 2.05 bits per heavy atom. The summed E-state index contributed by atoms with van der Waals surface area (Å²) in [6, 6.07) is 4.59. The second kappa shape index (κ2) is 7.06. The van der Waals surface area contributed by atoms with Crippen LogP contribution < -0.4 is 4.90 Å². The highest BCUT2D eigenvalue weighted by Gasteiger charge is 2.15. The molecule has 0 aliphatic carbocycles. The second-order valence-corrected chi connectivity index (χ2v) is 4.84. The minimum Gasteiger partial charge on any atom is -0.329 e. The van der Waals surface area contributed by atoms with E-state index in [9.17, 15) is 4.39 Å². The molecule has 20 heavy (non-hydrogen) atoms. The normalized spacial score (nSPS) is 12.8. The van der Waals surface area contributed by atoms with Crippen LogP contribution in [0, 0.1) is 12.7 Å². The molecule has 0 fully saturated rings. The van der Waals surface area contributed by atoms with Gasteiger partial charge in [-0.3, -0.25) is 0 Å². The van der Waals surface area contributed by atoms with Crippen LogP contribution in [-0.2, 0) is 0 Å². The first kappa shape index (κ1) is 16.2. The molecule has 0 unspecified atom stereocenters. The molecule has 1 aromatic carbocycles. The molecule has 2 nitrogen and oxygen atoms in total. The van der Waals surface area contributed by atoms with Gasteiger partial charge in [-0.2, -0.15) is 0 Å². The summed E-state index contributed by atoms with van der Waals surface area (Å²) in [6.07, 6.45) is 3.08. The molecule has 106 valence electrons. The summed E-state index contributed by atoms with van der Waals surface area (Å²) < 4.78 is 13.2. The molecule has 1 rings (SSSR count). The van der Waals surface area contributed by atoms with Crippen LogP contribution in [0.5, 0.6) is 0 Å². The molecule has 0 atom stereocenters. The Bertz CT molecular complexity index is 584. The first-order valence-corrected chi connectivity index (χ1v) is 6.48. The van der Waals surface area contributed by atoms with Crippen LogP contribution in [0.25, 0.3) is 0 Å². The van der Waals surface area contributed by atoms with Gasteiger partial charge in [-0.05, 0) is 37.6 Å². The lowest BCUT2D eigenvalue weighted by molar-refractivity contribution is 0.626. The lowest BCUT2D eigenvalue weighted by atomic mass is 10.1. The zero-order valence-electron chi connectivity index (χ0n) is 12.0. The molecule has 0 aliphatic heterocycles. The van der Waals surface area contributed by atoms with Crippen molar-refractivity contribution in [1.29, 1.82) is 0 Å². The van der Waals surface area contributed by atoms with Gasteiger partial charge in [-0.15, -0.1) is 0 Å². The number of nitrogens with zero attached hydrogens (tertiary/aromatic N) is 2. The average Bonchev–Trinajstić information content (AvgIpc) is 2.37. The largest absolute Gasteiger partial charge is 0.329 e. The highest BCUT2D eigenvalue weighted by Crippen LogP contribution is 2.23. The first-order valence-electron chi connectivity index (χ1n) is 6.10. The highest BCUT2D eigenvalue weighted by molar-refractivity contribution is 6.33. The maximum Gasteiger partial charge on any atom is 0.141 e. The van der Waals surface area contributed by atoms with Crippen LogP contribution in [0.3, 0.4) is 0 Å². The standard InChI is InChI=1S/C16H18ClFN2/c1-6-14(12(4)17)16(19-7-2)20(5)15-9-8-13(18)10-11(15)3/h6-10H,1-2H2,3-5H3/b14-12+,19-16+.